The van der Waals surface area contributed by atoms with Gasteiger partial charge in [0.15, 0.2) is 6.10 Å². The number of carbonyl (C=O) groups excluding carboxylic acids is 2. The monoisotopic (exact) mass is 823 g/mol. The quantitative estimate of drug-likeness (QED) is 0.0270. The molecule has 0 aromatic heterocycles. The molecule has 0 fully saturated rings. The van der Waals surface area contributed by atoms with Crippen molar-refractivity contribution in [3.63, 3.8) is 0 Å². The number of esters is 2. The van der Waals surface area contributed by atoms with Crippen LogP contribution >= 0.6 is 7.82 Å². The van der Waals surface area contributed by atoms with Crippen molar-refractivity contribution >= 4 is 19.8 Å². The molecule has 57 heavy (non-hydrogen) atoms. The fourth-order valence-corrected chi connectivity index (χ4v) is 6.96. The number of hydrogen-bond acceptors (Lipinski definition) is 6. The van der Waals surface area contributed by atoms with Gasteiger partial charge in [-0.3, -0.25) is 14.1 Å². The molecular formula is C48H87O8P. The van der Waals surface area contributed by atoms with E-state index in [2.05, 4.69) is 60.9 Å². The predicted molar refractivity (Wildman–Crippen MR) is 239 cm³/mol. The van der Waals surface area contributed by atoms with Crippen LogP contribution in [0.3, 0.4) is 0 Å². The summed E-state index contributed by atoms with van der Waals surface area (Å²) in [5, 5.41) is 0. The molecule has 0 saturated heterocycles. The van der Waals surface area contributed by atoms with Crippen LogP contribution in [-0.2, 0) is 28.2 Å². The summed E-state index contributed by atoms with van der Waals surface area (Å²) in [6, 6.07) is 0. The molecule has 8 nitrogen and oxygen atoms in total. The standard InChI is InChI=1S/C48H87O8P/c1-3-5-7-9-11-13-15-17-19-21-23-24-25-27-28-30-32-34-36-38-40-42-47(49)54-44-46(45-55-57(51,52)53)56-48(50)43-41-39-37-35-33-31-29-26-22-20-18-16-14-12-10-8-6-4-2/h19,21,24-25,28,30,34,36,46H,3-18,20,22-23,26-27,29,31-33,35,37-45H2,1-2H3,(H2,51,52,53)/b21-19+,25-24+,30-28+,36-34+/t46-/m1/s1. The summed E-state index contributed by atoms with van der Waals surface area (Å²) >= 11 is 0. The Morgan fingerprint density at radius 1 is 0.456 bits per heavy atom. The molecule has 0 unspecified atom stereocenters. The van der Waals surface area contributed by atoms with Gasteiger partial charge in [-0.05, 0) is 51.4 Å². The van der Waals surface area contributed by atoms with Crippen LogP contribution in [0.1, 0.15) is 226 Å². The van der Waals surface area contributed by atoms with Gasteiger partial charge in [0.05, 0.1) is 6.61 Å². The third-order valence-electron chi connectivity index (χ3n) is 10.1. The molecule has 0 aromatic rings. The van der Waals surface area contributed by atoms with Crippen LogP contribution in [0.5, 0.6) is 0 Å². The molecule has 9 heteroatoms. The molecule has 1 atom stereocenters. The van der Waals surface area contributed by atoms with Crippen LogP contribution in [0.25, 0.3) is 0 Å². The maximum Gasteiger partial charge on any atom is 0.469 e. The average molecular weight is 823 g/mol. The van der Waals surface area contributed by atoms with E-state index < -0.39 is 32.5 Å². The number of rotatable bonds is 43. The summed E-state index contributed by atoms with van der Waals surface area (Å²) in [4.78, 5) is 42.9. The van der Waals surface area contributed by atoms with Crippen molar-refractivity contribution in [1.82, 2.24) is 0 Å². The maximum absolute atomic E-state index is 12.4. The maximum atomic E-state index is 12.4. The molecule has 2 N–H and O–H groups in total. The van der Waals surface area contributed by atoms with Crippen LogP contribution < -0.4 is 0 Å². The summed E-state index contributed by atoms with van der Waals surface area (Å²) in [5.41, 5.74) is 0. The Balaban J connectivity index is 3.95. The van der Waals surface area contributed by atoms with E-state index in [0.29, 0.717) is 12.8 Å². The van der Waals surface area contributed by atoms with Crippen LogP contribution in [0.15, 0.2) is 48.6 Å². The van der Waals surface area contributed by atoms with Crippen LogP contribution in [0.4, 0.5) is 0 Å². The highest BCUT2D eigenvalue weighted by Crippen LogP contribution is 2.36. The second-order valence-electron chi connectivity index (χ2n) is 15.7. The molecular weight excluding hydrogens is 735 g/mol. The van der Waals surface area contributed by atoms with Crippen LogP contribution in [0.2, 0.25) is 0 Å². The van der Waals surface area contributed by atoms with Gasteiger partial charge in [0.1, 0.15) is 6.61 Å². The fourth-order valence-electron chi connectivity index (χ4n) is 6.60. The first kappa shape index (κ1) is 55.0. The van der Waals surface area contributed by atoms with E-state index in [1.54, 1.807) is 0 Å². The summed E-state index contributed by atoms with van der Waals surface area (Å²) in [6.45, 7) is 3.66. The van der Waals surface area contributed by atoms with Gasteiger partial charge in [0, 0.05) is 12.8 Å². The zero-order valence-corrected chi connectivity index (χ0v) is 37.6. The van der Waals surface area contributed by atoms with Gasteiger partial charge in [0.2, 0.25) is 0 Å². The van der Waals surface area contributed by atoms with E-state index in [4.69, 9.17) is 19.3 Å². The van der Waals surface area contributed by atoms with Gasteiger partial charge in [-0.1, -0.05) is 210 Å². The zero-order chi connectivity index (χ0) is 41.8. The van der Waals surface area contributed by atoms with Crippen molar-refractivity contribution in [1.29, 1.82) is 0 Å². The second-order valence-corrected chi connectivity index (χ2v) is 17.0. The first-order valence-electron chi connectivity index (χ1n) is 23.4. The van der Waals surface area contributed by atoms with Gasteiger partial charge in [-0.25, -0.2) is 4.57 Å². The predicted octanol–water partition coefficient (Wildman–Crippen LogP) is 14.7. The molecule has 0 radical (unpaired) electrons. The van der Waals surface area contributed by atoms with E-state index in [-0.39, 0.29) is 19.4 Å². The van der Waals surface area contributed by atoms with Crippen molar-refractivity contribution < 1.29 is 37.9 Å². The molecule has 0 aliphatic carbocycles. The van der Waals surface area contributed by atoms with Gasteiger partial charge >= 0.3 is 19.8 Å². The minimum atomic E-state index is -4.77. The number of ether oxygens (including phenoxy) is 2. The lowest BCUT2D eigenvalue weighted by Gasteiger charge is -2.18. The Labute approximate surface area is 350 Å². The molecule has 0 aliphatic heterocycles. The van der Waals surface area contributed by atoms with Crippen molar-refractivity contribution in [2.24, 2.45) is 0 Å². The van der Waals surface area contributed by atoms with Crippen LogP contribution in [0, 0.1) is 0 Å². The van der Waals surface area contributed by atoms with Crippen molar-refractivity contribution in [2.75, 3.05) is 13.2 Å². The van der Waals surface area contributed by atoms with E-state index >= 15 is 0 Å². The number of phosphoric acid groups is 1. The molecule has 0 amide bonds. The summed E-state index contributed by atoms with van der Waals surface area (Å²) < 4.78 is 26.4. The number of allylic oxidation sites excluding steroid dienone is 8. The molecule has 0 saturated carbocycles. The molecule has 0 rings (SSSR count). The Morgan fingerprint density at radius 2 is 0.807 bits per heavy atom. The number of hydrogen-bond donors (Lipinski definition) is 2. The van der Waals surface area contributed by atoms with Gasteiger partial charge < -0.3 is 19.3 Å². The van der Waals surface area contributed by atoms with E-state index in [1.807, 2.05) is 6.08 Å². The second kappa shape index (κ2) is 43.6. The lowest BCUT2D eigenvalue weighted by atomic mass is 10.0. The van der Waals surface area contributed by atoms with Gasteiger partial charge in [0.25, 0.3) is 0 Å². The summed E-state index contributed by atoms with van der Waals surface area (Å²) in [5.74, 6) is -0.943. The smallest absolute Gasteiger partial charge is 0.462 e. The zero-order valence-electron chi connectivity index (χ0n) is 36.7. The molecule has 0 spiro atoms. The first-order chi connectivity index (χ1) is 27.8. The third kappa shape index (κ3) is 46.6. The number of carbonyl (C=O) groups is 2. The van der Waals surface area contributed by atoms with Crippen molar-refractivity contribution in [3.05, 3.63) is 48.6 Å². The highest BCUT2D eigenvalue weighted by molar-refractivity contribution is 7.46. The van der Waals surface area contributed by atoms with Crippen LogP contribution in [-0.4, -0.2) is 41.0 Å². The first-order valence-corrected chi connectivity index (χ1v) is 25.0. The normalized spacial score (nSPS) is 12.8. The van der Waals surface area contributed by atoms with E-state index in [0.717, 1.165) is 44.9 Å². The summed E-state index contributed by atoms with van der Waals surface area (Å²) in [7, 11) is -4.77. The minimum absolute atomic E-state index is 0.192. The molecule has 0 bridgehead atoms. The Kier molecular flexibility index (Phi) is 42.1. The fraction of sp³-hybridized carbons (Fsp3) is 0.792. The van der Waals surface area contributed by atoms with Crippen molar-refractivity contribution in [2.45, 2.75) is 232 Å². The largest absolute Gasteiger partial charge is 0.469 e. The van der Waals surface area contributed by atoms with Gasteiger partial charge in [-0.2, -0.15) is 0 Å². The van der Waals surface area contributed by atoms with Crippen molar-refractivity contribution in [3.8, 4) is 0 Å². The molecule has 0 aromatic carbocycles. The number of unbranched alkanes of at least 4 members (excludes halogenated alkanes) is 25. The lowest BCUT2D eigenvalue weighted by Crippen LogP contribution is -2.29. The van der Waals surface area contributed by atoms with E-state index in [9.17, 15) is 14.2 Å². The number of phosphoric ester groups is 1. The Bertz CT molecular complexity index is 1060. The Hall–Kier alpha value is -1.99. The summed E-state index contributed by atoms with van der Waals surface area (Å²) in [6.07, 6.45) is 54.2. The molecule has 0 heterocycles. The Morgan fingerprint density at radius 3 is 1.23 bits per heavy atom. The highest BCUT2D eigenvalue weighted by Gasteiger charge is 2.22. The van der Waals surface area contributed by atoms with E-state index in [1.165, 1.54) is 141 Å². The third-order valence-corrected chi connectivity index (χ3v) is 10.6. The highest BCUT2D eigenvalue weighted by atomic mass is 31.2. The minimum Gasteiger partial charge on any atom is -0.462 e. The van der Waals surface area contributed by atoms with Gasteiger partial charge in [-0.15, -0.1) is 0 Å². The lowest BCUT2D eigenvalue weighted by molar-refractivity contribution is -0.161. The molecule has 0 aliphatic rings. The topological polar surface area (TPSA) is 119 Å². The SMILES string of the molecule is CCCCCCCCC/C=C/C/C=C/C/C=C/C/C=C/CCCC(=O)OC[C@H](COP(=O)(O)O)OC(=O)CCCCCCCCCCCCCCCCCCCC. The molecule has 332 valence electrons. The average Bonchev–Trinajstić information content (AvgIpc) is 3.18.